The Labute approximate surface area is 169 Å². The lowest BCUT2D eigenvalue weighted by molar-refractivity contribution is -0.133. The van der Waals surface area contributed by atoms with E-state index >= 15 is 0 Å². The highest BCUT2D eigenvalue weighted by Gasteiger charge is 2.43. The van der Waals surface area contributed by atoms with Gasteiger partial charge >= 0.3 is 0 Å². The Morgan fingerprint density at radius 3 is 2.62 bits per heavy atom. The van der Waals surface area contributed by atoms with E-state index in [9.17, 15) is 4.79 Å². The molecule has 1 amide bonds. The maximum absolute atomic E-state index is 12.4. The van der Waals surface area contributed by atoms with E-state index in [0.29, 0.717) is 6.61 Å². The molecule has 1 spiro atoms. The highest BCUT2D eigenvalue weighted by atomic mass is 35.5. The van der Waals surface area contributed by atoms with Crippen LogP contribution >= 0.6 is 24.8 Å². The second-order valence-corrected chi connectivity index (χ2v) is 7.37. The fourth-order valence-electron chi connectivity index (χ4n) is 4.23. The summed E-state index contributed by atoms with van der Waals surface area (Å²) in [6.07, 6.45) is 3.50. The van der Waals surface area contributed by atoms with E-state index in [-0.39, 0.29) is 36.1 Å². The molecule has 2 heterocycles. The summed E-state index contributed by atoms with van der Waals surface area (Å²) in [5, 5.41) is 0. The molecule has 3 rings (SSSR count). The fraction of sp³-hybridized carbons (Fsp3) is 0.632. The first-order chi connectivity index (χ1) is 11.6. The Morgan fingerprint density at radius 2 is 1.92 bits per heavy atom. The van der Waals surface area contributed by atoms with E-state index in [2.05, 4.69) is 35.2 Å². The maximum Gasteiger partial charge on any atom is 0.241 e. The Morgan fingerprint density at radius 1 is 1.19 bits per heavy atom. The number of likely N-dealkylation sites (tertiary alicyclic amines) is 2. The number of benzene rings is 1. The number of carbonyl (C=O) groups is 1. The number of amides is 1. The molecule has 2 aliphatic heterocycles. The molecule has 2 atom stereocenters. The van der Waals surface area contributed by atoms with Gasteiger partial charge in [0.1, 0.15) is 6.04 Å². The monoisotopic (exact) mass is 403 g/mol. The molecular formula is C19H31Cl2N3O2. The lowest BCUT2D eigenvalue weighted by Crippen LogP contribution is -2.48. The predicted molar refractivity (Wildman–Crippen MR) is 109 cm³/mol. The van der Waals surface area contributed by atoms with Gasteiger partial charge in [-0.05, 0) is 31.4 Å². The van der Waals surface area contributed by atoms with E-state index < -0.39 is 6.04 Å². The number of methoxy groups -OCH3 is 1. The topological polar surface area (TPSA) is 58.8 Å². The molecule has 5 nitrogen and oxygen atoms in total. The molecule has 0 saturated carbocycles. The Kier molecular flexibility index (Phi) is 9.34. The molecule has 148 valence electrons. The second-order valence-electron chi connectivity index (χ2n) is 7.37. The zero-order chi connectivity index (χ0) is 17.0. The average Bonchev–Trinajstić information content (AvgIpc) is 2.98. The SMILES string of the molecule is COCC(N)C(=O)N1CCC2(CCCN(Cc3ccccc3)C2)C1.Cl.Cl. The van der Waals surface area contributed by atoms with Gasteiger partial charge in [-0.15, -0.1) is 24.8 Å². The quantitative estimate of drug-likeness (QED) is 0.819. The highest BCUT2D eigenvalue weighted by Crippen LogP contribution is 2.39. The smallest absolute Gasteiger partial charge is 0.241 e. The summed E-state index contributed by atoms with van der Waals surface area (Å²) in [5.74, 6) is 0.0360. The van der Waals surface area contributed by atoms with Gasteiger partial charge in [0.15, 0.2) is 0 Å². The number of rotatable bonds is 5. The maximum atomic E-state index is 12.4. The van der Waals surface area contributed by atoms with Crippen molar-refractivity contribution in [1.29, 1.82) is 0 Å². The first-order valence-corrected chi connectivity index (χ1v) is 8.91. The van der Waals surface area contributed by atoms with Gasteiger partial charge in [0.25, 0.3) is 0 Å². The molecule has 1 aromatic rings. The van der Waals surface area contributed by atoms with Crippen molar-refractivity contribution in [3.63, 3.8) is 0 Å². The summed E-state index contributed by atoms with van der Waals surface area (Å²) >= 11 is 0. The van der Waals surface area contributed by atoms with Gasteiger partial charge in [-0.25, -0.2) is 0 Å². The summed E-state index contributed by atoms with van der Waals surface area (Å²) in [7, 11) is 1.58. The number of halogens is 2. The fourth-order valence-corrected chi connectivity index (χ4v) is 4.23. The molecule has 0 aromatic heterocycles. The zero-order valence-corrected chi connectivity index (χ0v) is 17.1. The molecular weight excluding hydrogens is 373 g/mol. The molecule has 0 bridgehead atoms. The van der Waals surface area contributed by atoms with Crippen molar-refractivity contribution < 1.29 is 9.53 Å². The third-order valence-electron chi connectivity index (χ3n) is 5.40. The molecule has 2 saturated heterocycles. The van der Waals surface area contributed by atoms with E-state index in [4.69, 9.17) is 10.5 Å². The molecule has 2 aliphatic rings. The molecule has 0 radical (unpaired) electrons. The van der Waals surface area contributed by atoms with Gasteiger partial charge in [0, 0.05) is 38.7 Å². The van der Waals surface area contributed by atoms with Crippen LogP contribution in [0.25, 0.3) is 0 Å². The third kappa shape index (κ3) is 5.57. The van der Waals surface area contributed by atoms with Crippen LogP contribution in [0.1, 0.15) is 24.8 Å². The van der Waals surface area contributed by atoms with Crippen molar-refractivity contribution in [1.82, 2.24) is 9.80 Å². The van der Waals surface area contributed by atoms with E-state index in [1.54, 1.807) is 7.11 Å². The molecule has 26 heavy (non-hydrogen) atoms. The number of carbonyl (C=O) groups excluding carboxylic acids is 1. The first-order valence-electron chi connectivity index (χ1n) is 8.91. The van der Waals surface area contributed by atoms with Crippen LogP contribution in [-0.2, 0) is 16.1 Å². The highest BCUT2D eigenvalue weighted by molar-refractivity contribution is 5.85. The van der Waals surface area contributed by atoms with Crippen LogP contribution in [0.5, 0.6) is 0 Å². The molecule has 7 heteroatoms. The summed E-state index contributed by atoms with van der Waals surface area (Å²) in [5.41, 5.74) is 7.54. The van der Waals surface area contributed by atoms with E-state index in [0.717, 1.165) is 39.1 Å². The van der Waals surface area contributed by atoms with Crippen LogP contribution < -0.4 is 5.73 Å². The largest absolute Gasteiger partial charge is 0.383 e. The van der Waals surface area contributed by atoms with E-state index in [1.807, 2.05) is 4.90 Å². The van der Waals surface area contributed by atoms with Crippen molar-refractivity contribution in [2.45, 2.75) is 31.8 Å². The van der Waals surface area contributed by atoms with Gasteiger partial charge in [0.05, 0.1) is 6.61 Å². The summed E-state index contributed by atoms with van der Waals surface area (Å²) in [6.45, 7) is 5.19. The van der Waals surface area contributed by atoms with Crippen molar-refractivity contribution in [2.75, 3.05) is 39.9 Å². The third-order valence-corrected chi connectivity index (χ3v) is 5.40. The van der Waals surface area contributed by atoms with Crippen LogP contribution in [0.4, 0.5) is 0 Å². The van der Waals surface area contributed by atoms with Gasteiger partial charge < -0.3 is 15.4 Å². The van der Waals surface area contributed by atoms with Crippen molar-refractivity contribution in [3.8, 4) is 0 Å². The molecule has 2 fully saturated rings. The number of hydrogen-bond donors (Lipinski definition) is 1. The average molecular weight is 404 g/mol. The number of nitrogens with two attached hydrogens (primary N) is 1. The van der Waals surface area contributed by atoms with Crippen LogP contribution in [-0.4, -0.2) is 61.6 Å². The Hall–Kier alpha value is -0.850. The molecule has 0 aliphatic carbocycles. The summed E-state index contributed by atoms with van der Waals surface area (Å²) < 4.78 is 5.02. The van der Waals surface area contributed by atoms with E-state index in [1.165, 1.54) is 18.4 Å². The standard InChI is InChI=1S/C19H29N3O2.2ClH/c1-24-13-17(20)18(23)22-11-9-19(15-22)8-5-10-21(14-19)12-16-6-3-2-4-7-16;;/h2-4,6-7,17H,5,8-15,20H2,1H3;2*1H. The summed E-state index contributed by atoms with van der Waals surface area (Å²) in [6, 6.07) is 10.1. The van der Waals surface area contributed by atoms with Crippen molar-refractivity contribution in [3.05, 3.63) is 35.9 Å². The van der Waals surface area contributed by atoms with Crippen LogP contribution in [0.15, 0.2) is 30.3 Å². The first kappa shape index (κ1) is 23.2. The van der Waals surface area contributed by atoms with Gasteiger partial charge in [0.2, 0.25) is 5.91 Å². The second kappa shape index (κ2) is 10.5. The minimum atomic E-state index is -0.533. The zero-order valence-electron chi connectivity index (χ0n) is 15.4. The lowest BCUT2D eigenvalue weighted by Gasteiger charge is -2.40. The molecule has 1 aromatic carbocycles. The minimum absolute atomic E-state index is 0. The minimum Gasteiger partial charge on any atom is -0.383 e. The summed E-state index contributed by atoms with van der Waals surface area (Å²) in [4.78, 5) is 16.9. The number of piperidine rings is 1. The van der Waals surface area contributed by atoms with Crippen molar-refractivity contribution in [2.24, 2.45) is 11.1 Å². The normalized spacial score (nSPS) is 24.0. The van der Waals surface area contributed by atoms with Crippen LogP contribution in [0.3, 0.4) is 0 Å². The Bertz CT molecular complexity index is 561. The number of ether oxygens (including phenoxy) is 1. The van der Waals surface area contributed by atoms with Gasteiger partial charge in [-0.1, -0.05) is 30.3 Å². The number of hydrogen-bond acceptors (Lipinski definition) is 4. The molecule has 2 unspecified atom stereocenters. The van der Waals surface area contributed by atoms with Crippen LogP contribution in [0.2, 0.25) is 0 Å². The van der Waals surface area contributed by atoms with Gasteiger partial charge in [-0.2, -0.15) is 0 Å². The molecule has 2 N–H and O–H groups in total. The number of nitrogens with zero attached hydrogens (tertiary/aromatic N) is 2. The Balaban J connectivity index is 0.00000169. The van der Waals surface area contributed by atoms with Gasteiger partial charge in [-0.3, -0.25) is 9.69 Å². The lowest BCUT2D eigenvalue weighted by atomic mass is 9.79. The van der Waals surface area contributed by atoms with Crippen molar-refractivity contribution >= 4 is 30.7 Å². The van der Waals surface area contributed by atoms with Crippen LogP contribution in [0, 0.1) is 5.41 Å². The predicted octanol–water partition coefficient (Wildman–Crippen LogP) is 2.32.